The second kappa shape index (κ2) is 4.16. The number of alkyl halides is 3. The first-order chi connectivity index (χ1) is 7.98. The molecule has 0 saturated carbocycles. The molecule has 1 heterocycles. The summed E-state index contributed by atoms with van der Waals surface area (Å²) in [4.78, 5) is 7.91. The minimum Gasteiger partial charge on any atom is -0.237 e. The summed E-state index contributed by atoms with van der Waals surface area (Å²) in [7, 11) is 0. The first-order valence-corrected chi connectivity index (χ1v) is 4.94. The van der Waals surface area contributed by atoms with Crippen molar-refractivity contribution < 1.29 is 13.2 Å². The predicted octanol–water partition coefficient (Wildman–Crippen LogP) is 3.47. The second-order valence-electron chi connectivity index (χ2n) is 3.60. The van der Waals surface area contributed by atoms with Crippen LogP contribution in [-0.4, -0.2) is 9.97 Å². The van der Waals surface area contributed by atoms with Gasteiger partial charge in [0, 0.05) is 18.0 Å². The first kappa shape index (κ1) is 11.6. The number of aryl methyl sites for hydroxylation is 1. The van der Waals surface area contributed by atoms with E-state index in [-0.39, 0.29) is 0 Å². The second-order valence-corrected chi connectivity index (χ2v) is 3.60. The fourth-order valence-corrected chi connectivity index (χ4v) is 1.48. The Morgan fingerprint density at radius 3 is 2.29 bits per heavy atom. The minimum absolute atomic E-state index is 0.302. The summed E-state index contributed by atoms with van der Waals surface area (Å²) in [6, 6.07) is 5.17. The molecular weight excluding hydrogens is 229 g/mol. The number of nitrogens with zero attached hydrogens (tertiary/aromatic N) is 2. The molecule has 0 spiro atoms. The molecule has 2 rings (SSSR count). The maximum atomic E-state index is 12.6. The average molecular weight is 238 g/mol. The van der Waals surface area contributed by atoms with Gasteiger partial charge in [-0.15, -0.1) is 0 Å². The van der Waals surface area contributed by atoms with Gasteiger partial charge in [-0.05, 0) is 30.7 Å². The summed E-state index contributed by atoms with van der Waals surface area (Å²) in [5.41, 5.74) is 0.426. The van der Waals surface area contributed by atoms with Gasteiger partial charge in [0.1, 0.15) is 0 Å². The van der Waals surface area contributed by atoms with Crippen molar-refractivity contribution in [2.24, 2.45) is 0 Å². The van der Waals surface area contributed by atoms with E-state index in [1.54, 1.807) is 13.0 Å². The first-order valence-electron chi connectivity index (χ1n) is 4.94. The molecule has 0 aliphatic heterocycles. The fourth-order valence-electron chi connectivity index (χ4n) is 1.48. The molecule has 0 aliphatic rings. The molecule has 1 aromatic heterocycles. The molecule has 0 saturated heterocycles. The third kappa shape index (κ3) is 2.43. The Balaban J connectivity index is 2.55. The van der Waals surface area contributed by atoms with Crippen molar-refractivity contribution in [3.8, 4) is 11.4 Å². The van der Waals surface area contributed by atoms with Crippen molar-refractivity contribution in [3.63, 3.8) is 0 Å². The van der Waals surface area contributed by atoms with Crippen LogP contribution >= 0.6 is 0 Å². The number of aromatic nitrogens is 2. The Morgan fingerprint density at radius 2 is 1.71 bits per heavy atom. The van der Waals surface area contributed by atoms with Gasteiger partial charge >= 0.3 is 6.18 Å². The topological polar surface area (TPSA) is 25.8 Å². The number of hydrogen-bond acceptors (Lipinski definition) is 2. The number of hydrogen-bond donors (Lipinski definition) is 0. The Hall–Kier alpha value is -1.91. The summed E-state index contributed by atoms with van der Waals surface area (Å²) in [5, 5.41) is 0. The van der Waals surface area contributed by atoms with E-state index < -0.39 is 11.7 Å². The molecule has 0 amide bonds. The van der Waals surface area contributed by atoms with Crippen LogP contribution in [0.25, 0.3) is 11.4 Å². The molecular formula is C12H9F3N2. The molecule has 0 bridgehead atoms. The molecule has 0 N–H and O–H groups in total. The van der Waals surface area contributed by atoms with E-state index in [1.165, 1.54) is 18.5 Å². The lowest BCUT2D eigenvalue weighted by Crippen LogP contribution is -2.05. The van der Waals surface area contributed by atoms with E-state index in [9.17, 15) is 13.2 Å². The van der Waals surface area contributed by atoms with E-state index in [4.69, 9.17) is 0 Å². The Kier molecular flexibility index (Phi) is 2.83. The number of benzene rings is 1. The molecule has 17 heavy (non-hydrogen) atoms. The van der Waals surface area contributed by atoms with Crippen molar-refractivity contribution >= 4 is 0 Å². The molecule has 1 aromatic carbocycles. The maximum Gasteiger partial charge on any atom is 0.416 e. The number of halogens is 3. The monoisotopic (exact) mass is 238 g/mol. The molecule has 0 fully saturated rings. The highest BCUT2D eigenvalue weighted by molar-refractivity contribution is 5.61. The van der Waals surface area contributed by atoms with Gasteiger partial charge in [0.05, 0.1) is 5.56 Å². The fraction of sp³-hybridized carbons (Fsp3) is 0.167. The lowest BCUT2D eigenvalue weighted by Gasteiger charge is -2.10. The summed E-state index contributed by atoms with van der Waals surface area (Å²) in [6.07, 6.45) is -1.35. The number of rotatable bonds is 1. The lowest BCUT2D eigenvalue weighted by molar-refractivity contribution is -0.137. The van der Waals surface area contributed by atoms with E-state index in [2.05, 4.69) is 9.97 Å². The van der Waals surface area contributed by atoms with Gasteiger partial charge in [-0.3, -0.25) is 0 Å². The Bertz CT molecular complexity index is 521. The van der Waals surface area contributed by atoms with E-state index >= 15 is 0 Å². The van der Waals surface area contributed by atoms with Gasteiger partial charge in [-0.1, -0.05) is 6.07 Å². The standard InChI is InChI=1S/C12H9F3N2/c1-8-3-4-9(12(13,14)15)7-10(8)11-16-5-2-6-17-11/h2-7H,1H3. The van der Waals surface area contributed by atoms with Crippen LogP contribution in [0.5, 0.6) is 0 Å². The van der Waals surface area contributed by atoms with Crippen molar-refractivity contribution in [2.45, 2.75) is 13.1 Å². The zero-order valence-electron chi connectivity index (χ0n) is 8.99. The highest BCUT2D eigenvalue weighted by Gasteiger charge is 2.31. The molecule has 88 valence electrons. The summed E-state index contributed by atoms with van der Waals surface area (Å²) in [6.45, 7) is 1.73. The van der Waals surface area contributed by atoms with E-state index in [0.29, 0.717) is 17.0 Å². The largest absolute Gasteiger partial charge is 0.416 e. The Labute approximate surface area is 96.2 Å². The highest BCUT2D eigenvalue weighted by atomic mass is 19.4. The van der Waals surface area contributed by atoms with Crippen molar-refractivity contribution in [2.75, 3.05) is 0 Å². The van der Waals surface area contributed by atoms with Crippen molar-refractivity contribution in [3.05, 3.63) is 47.8 Å². The molecule has 5 heteroatoms. The van der Waals surface area contributed by atoms with Crippen LogP contribution < -0.4 is 0 Å². The maximum absolute atomic E-state index is 12.6. The average Bonchev–Trinajstić information content (AvgIpc) is 2.29. The van der Waals surface area contributed by atoms with Crippen LogP contribution in [0, 0.1) is 6.92 Å². The molecule has 2 aromatic rings. The quantitative estimate of drug-likeness (QED) is 0.760. The SMILES string of the molecule is Cc1ccc(C(F)(F)F)cc1-c1ncccn1. The van der Waals surface area contributed by atoms with Crippen LogP contribution in [0.4, 0.5) is 13.2 Å². The van der Waals surface area contributed by atoms with E-state index in [1.807, 2.05) is 0 Å². The minimum atomic E-state index is -4.35. The predicted molar refractivity (Wildman–Crippen MR) is 57.2 cm³/mol. The zero-order chi connectivity index (χ0) is 12.5. The van der Waals surface area contributed by atoms with Gasteiger partial charge in [-0.25, -0.2) is 9.97 Å². The van der Waals surface area contributed by atoms with Crippen LogP contribution in [0.1, 0.15) is 11.1 Å². The van der Waals surface area contributed by atoms with Crippen molar-refractivity contribution in [1.29, 1.82) is 0 Å². The molecule has 0 aliphatic carbocycles. The lowest BCUT2D eigenvalue weighted by atomic mass is 10.0. The molecule has 0 radical (unpaired) electrons. The van der Waals surface area contributed by atoms with E-state index in [0.717, 1.165) is 12.1 Å². The van der Waals surface area contributed by atoms with Gasteiger partial charge in [0.15, 0.2) is 5.82 Å². The zero-order valence-corrected chi connectivity index (χ0v) is 8.99. The summed E-state index contributed by atoms with van der Waals surface area (Å²) in [5.74, 6) is 0.302. The summed E-state index contributed by atoms with van der Waals surface area (Å²) >= 11 is 0. The third-order valence-corrected chi connectivity index (χ3v) is 2.37. The van der Waals surface area contributed by atoms with Gasteiger partial charge in [0.2, 0.25) is 0 Å². The Morgan fingerprint density at radius 1 is 1.06 bits per heavy atom. The summed E-state index contributed by atoms with van der Waals surface area (Å²) < 4.78 is 37.7. The highest BCUT2D eigenvalue weighted by Crippen LogP contribution is 2.32. The smallest absolute Gasteiger partial charge is 0.237 e. The normalized spacial score (nSPS) is 11.5. The van der Waals surface area contributed by atoms with Crippen LogP contribution in [0.3, 0.4) is 0 Å². The van der Waals surface area contributed by atoms with Gasteiger partial charge < -0.3 is 0 Å². The van der Waals surface area contributed by atoms with Gasteiger partial charge in [-0.2, -0.15) is 13.2 Å². The van der Waals surface area contributed by atoms with Gasteiger partial charge in [0.25, 0.3) is 0 Å². The molecule has 2 nitrogen and oxygen atoms in total. The van der Waals surface area contributed by atoms with Crippen LogP contribution in [0.15, 0.2) is 36.7 Å². The molecule has 0 atom stereocenters. The van der Waals surface area contributed by atoms with Crippen LogP contribution in [-0.2, 0) is 6.18 Å². The van der Waals surface area contributed by atoms with Crippen LogP contribution in [0.2, 0.25) is 0 Å². The molecule has 0 unspecified atom stereocenters. The third-order valence-electron chi connectivity index (χ3n) is 2.37. The van der Waals surface area contributed by atoms with Crippen molar-refractivity contribution in [1.82, 2.24) is 9.97 Å².